The molecule has 1 saturated carbocycles. The zero-order chi connectivity index (χ0) is 18.9. The van der Waals surface area contributed by atoms with Gasteiger partial charge in [0.05, 0.1) is 12.8 Å². The van der Waals surface area contributed by atoms with Gasteiger partial charge in [-0.1, -0.05) is 25.0 Å². The van der Waals surface area contributed by atoms with Crippen LogP contribution < -0.4 is 9.64 Å². The Bertz CT molecular complexity index is 879. The third kappa shape index (κ3) is 3.15. The minimum Gasteiger partial charge on any atom is -0.497 e. The summed E-state index contributed by atoms with van der Waals surface area (Å²) >= 11 is 0. The van der Waals surface area contributed by atoms with Crippen molar-refractivity contribution >= 4 is 28.8 Å². The molecule has 1 aliphatic heterocycles. The number of aromatic nitrogens is 1. The molecule has 27 heavy (non-hydrogen) atoms. The van der Waals surface area contributed by atoms with Gasteiger partial charge < -0.3 is 14.5 Å². The molecule has 1 aromatic carbocycles. The van der Waals surface area contributed by atoms with Gasteiger partial charge in [-0.15, -0.1) is 0 Å². The second-order valence-electron chi connectivity index (χ2n) is 7.71. The minimum atomic E-state index is -0.801. The number of methoxy groups -OCH3 is 1. The highest BCUT2D eigenvalue weighted by Crippen LogP contribution is 2.41. The number of allylic oxidation sites excluding steroid dienone is 1. The molecule has 1 aliphatic carbocycles. The molecular formula is C22H26N2O3. The molecule has 2 heterocycles. The lowest BCUT2D eigenvalue weighted by Crippen LogP contribution is -2.47. The predicted molar refractivity (Wildman–Crippen MR) is 106 cm³/mol. The van der Waals surface area contributed by atoms with E-state index in [1.807, 2.05) is 24.4 Å². The fourth-order valence-corrected chi connectivity index (χ4v) is 4.53. The Kier molecular flexibility index (Phi) is 4.77. The summed E-state index contributed by atoms with van der Waals surface area (Å²) in [6.45, 7) is 0. The summed E-state index contributed by atoms with van der Waals surface area (Å²) in [4.78, 5) is 29.9. The van der Waals surface area contributed by atoms with Crippen LogP contribution in [0.3, 0.4) is 0 Å². The molecule has 5 heteroatoms. The number of ether oxygens (including phenoxy) is 1. The number of anilines is 1. The van der Waals surface area contributed by atoms with Crippen LogP contribution in [0.4, 0.5) is 5.69 Å². The zero-order valence-electron chi connectivity index (χ0n) is 15.7. The number of benzene rings is 1. The number of aldehydes is 1. The largest absolute Gasteiger partial charge is 0.497 e. The Morgan fingerprint density at radius 3 is 2.89 bits per heavy atom. The van der Waals surface area contributed by atoms with Crippen molar-refractivity contribution < 1.29 is 14.3 Å². The summed E-state index contributed by atoms with van der Waals surface area (Å²) in [7, 11) is 1.62. The minimum absolute atomic E-state index is 0.0000799. The molecule has 0 unspecified atom stereocenters. The molecule has 1 aromatic heterocycles. The molecule has 4 rings (SSSR count). The Hall–Kier alpha value is -2.56. The molecule has 1 saturated heterocycles. The van der Waals surface area contributed by atoms with E-state index in [1.165, 1.54) is 25.7 Å². The van der Waals surface area contributed by atoms with Crippen LogP contribution in [0.2, 0.25) is 0 Å². The van der Waals surface area contributed by atoms with Gasteiger partial charge in [-0.25, -0.2) is 0 Å². The lowest BCUT2D eigenvalue weighted by molar-refractivity contribution is -0.119. The maximum absolute atomic E-state index is 12.8. The Balaban J connectivity index is 1.68. The third-order valence-electron chi connectivity index (χ3n) is 6.07. The van der Waals surface area contributed by atoms with Gasteiger partial charge >= 0.3 is 0 Å². The molecule has 0 spiro atoms. The molecule has 0 bridgehead atoms. The molecule has 2 aliphatic rings. The van der Waals surface area contributed by atoms with E-state index in [0.29, 0.717) is 25.2 Å². The van der Waals surface area contributed by atoms with Crippen LogP contribution in [0, 0.1) is 5.92 Å². The number of nitrogens with zero attached hydrogens (tertiary/aromatic N) is 1. The number of hydrogen-bond acceptors (Lipinski definition) is 3. The fourth-order valence-electron chi connectivity index (χ4n) is 4.53. The Labute approximate surface area is 159 Å². The first-order valence-corrected chi connectivity index (χ1v) is 9.78. The predicted octanol–water partition coefficient (Wildman–Crippen LogP) is 4.38. The number of rotatable bonds is 6. The van der Waals surface area contributed by atoms with Crippen molar-refractivity contribution in [2.75, 3.05) is 12.0 Å². The van der Waals surface area contributed by atoms with Gasteiger partial charge in [0.2, 0.25) is 5.91 Å². The number of carbonyl (C=O) groups is 2. The van der Waals surface area contributed by atoms with Crippen LogP contribution in [0.15, 0.2) is 36.5 Å². The highest BCUT2D eigenvalue weighted by Gasteiger charge is 2.46. The third-order valence-corrected chi connectivity index (χ3v) is 6.07. The topological polar surface area (TPSA) is 62.4 Å². The van der Waals surface area contributed by atoms with Crippen molar-refractivity contribution in [2.24, 2.45) is 5.92 Å². The highest BCUT2D eigenvalue weighted by molar-refractivity contribution is 6.09. The quantitative estimate of drug-likeness (QED) is 0.610. The lowest BCUT2D eigenvalue weighted by Gasteiger charge is -2.32. The highest BCUT2D eigenvalue weighted by atomic mass is 16.5. The number of nitrogens with one attached hydrogen (secondary N) is 1. The van der Waals surface area contributed by atoms with Gasteiger partial charge in [0.25, 0.3) is 0 Å². The number of aromatic amines is 1. The average molecular weight is 366 g/mol. The van der Waals surface area contributed by atoms with E-state index in [-0.39, 0.29) is 5.91 Å². The van der Waals surface area contributed by atoms with E-state index in [2.05, 4.69) is 17.1 Å². The summed E-state index contributed by atoms with van der Waals surface area (Å²) in [5, 5.41) is 0.899. The number of H-pyrrole nitrogens is 1. The van der Waals surface area contributed by atoms with E-state index in [0.717, 1.165) is 28.6 Å². The van der Waals surface area contributed by atoms with Crippen LogP contribution >= 0.6 is 0 Å². The van der Waals surface area contributed by atoms with Crippen molar-refractivity contribution in [3.63, 3.8) is 0 Å². The molecule has 2 fully saturated rings. The summed E-state index contributed by atoms with van der Waals surface area (Å²) in [5.74, 6) is 1.35. The smallest absolute Gasteiger partial charge is 0.228 e. The molecule has 1 N–H and O–H groups in total. The normalized spacial score (nSPS) is 23.7. The second-order valence-corrected chi connectivity index (χ2v) is 7.71. The first kappa shape index (κ1) is 17.8. The van der Waals surface area contributed by atoms with E-state index in [4.69, 9.17) is 4.74 Å². The zero-order valence-corrected chi connectivity index (χ0v) is 15.7. The van der Waals surface area contributed by atoms with Crippen molar-refractivity contribution in [1.29, 1.82) is 0 Å². The molecule has 1 atom stereocenters. The van der Waals surface area contributed by atoms with E-state index >= 15 is 0 Å². The van der Waals surface area contributed by atoms with Gasteiger partial charge in [0, 0.05) is 23.5 Å². The van der Waals surface area contributed by atoms with Gasteiger partial charge in [-0.2, -0.15) is 0 Å². The molecule has 1 amide bonds. The monoisotopic (exact) mass is 366 g/mol. The van der Waals surface area contributed by atoms with E-state index in [9.17, 15) is 9.59 Å². The van der Waals surface area contributed by atoms with Crippen molar-refractivity contribution in [2.45, 2.75) is 50.5 Å². The summed E-state index contributed by atoms with van der Waals surface area (Å²) in [5.41, 5.74) is 0.879. The molecule has 142 valence electrons. The Morgan fingerprint density at radius 2 is 2.15 bits per heavy atom. The first-order chi connectivity index (χ1) is 13.2. The number of amides is 1. The van der Waals surface area contributed by atoms with Crippen LogP contribution in [0.1, 0.15) is 44.9 Å². The van der Waals surface area contributed by atoms with Crippen molar-refractivity contribution in [1.82, 2.24) is 4.98 Å². The van der Waals surface area contributed by atoms with Crippen molar-refractivity contribution in [3.8, 4) is 5.75 Å². The maximum Gasteiger partial charge on any atom is 0.228 e. The SMILES string of the molecule is COc1ccc2[nH]cc(N3C(=O)CC[C@@]3(C=O)C/C=C/C3CCCC3)c2c1. The summed E-state index contributed by atoms with van der Waals surface area (Å²) in [6.07, 6.45) is 13.7. The Morgan fingerprint density at radius 1 is 1.33 bits per heavy atom. The van der Waals surface area contributed by atoms with Gasteiger partial charge in [0.1, 0.15) is 17.6 Å². The number of carbonyl (C=O) groups excluding carboxylic acids is 2. The van der Waals surface area contributed by atoms with E-state index < -0.39 is 5.54 Å². The first-order valence-electron chi connectivity index (χ1n) is 9.78. The number of fused-ring (bicyclic) bond motifs is 1. The van der Waals surface area contributed by atoms with Crippen LogP contribution in [-0.4, -0.2) is 29.8 Å². The van der Waals surface area contributed by atoms with Crippen molar-refractivity contribution in [3.05, 3.63) is 36.5 Å². The second kappa shape index (κ2) is 7.22. The van der Waals surface area contributed by atoms with E-state index in [1.54, 1.807) is 12.0 Å². The van der Waals surface area contributed by atoms with Gasteiger partial charge in [-0.3, -0.25) is 9.69 Å². The molecule has 5 nitrogen and oxygen atoms in total. The molecule has 2 aromatic rings. The van der Waals surface area contributed by atoms with Crippen LogP contribution in [0.25, 0.3) is 10.9 Å². The standard InChI is InChI=1S/C22H26N2O3/c1-27-17-8-9-19-18(13-17)20(14-23-19)24-21(26)10-12-22(24,15-25)11-4-7-16-5-2-3-6-16/h4,7-9,13-16,23H,2-3,5-6,10-12H2,1H3/b7-4+/t22-/m1/s1. The van der Waals surface area contributed by atoms with Gasteiger partial charge in [-0.05, 0) is 49.8 Å². The van der Waals surface area contributed by atoms with Crippen LogP contribution in [0.5, 0.6) is 5.75 Å². The van der Waals surface area contributed by atoms with Gasteiger partial charge in [0.15, 0.2) is 0 Å². The van der Waals surface area contributed by atoms with Crippen LogP contribution in [-0.2, 0) is 9.59 Å². The lowest BCUT2D eigenvalue weighted by atomic mass is 9.92. The average Bonchev–Trinajstić information content (AvgIpc) is 3.41. The summed E-state index contributed by atoms with van der Waals surface area (Å²) in [6, 6.07) is 5.73. The maximum atomic E-state index is 12.8. The fraction of sp³-hybridized carbons (Fsp3) is 0.455. The molecular weight excluding hydrogens is 340 g/mol. The molecule has 0 radical (unpaired) electrons. The number of hydrogen-bond donors (Lipinski definition) is 1. The summed E-state index contributed by atoms with van der Waals surface area (Å²) < 4.78 is 5.34.